The van der Waals surface area contributed by atoms with Gasteiger partial charge < -0.3 is 5.11 Å². The van der Waals surface area contributed by atoms with E-state index in [1.807, 2.05) is 66.7 Å². The first kappa shape index (κ1) is 16.8. The molecular formula is C24H19NO3. The Bertz CT molecular complexity index is 1250. The normalized spacial score (nSPS) is 16.2. The van der Waals surface area contributed by atoms with Crippen molar-refractivity contribution in [2.45, 2.75) is 25.2 Å². The fourth-order valence-electron chi connectivity index (χ4n) is 4.50. The maximum atomic E-state index is 13.5. The van der Waals surface area contributed by atoms with Crippen molar-refractivity contribution >= 4 is 33.6 Å². The zero-order chi connectivity index (χ0) is 19.3. The molecular weight excluding hydrogens is 350 g/mol. The lowest BCUT2D eigenvalue weighted by Gasteiger charge is -2.21. The third kappa shape index (κ3) is 2.45. The van der Waals surface area contributed by atoms with Crippen LogP contribution in [-0.4, -0.2) is 21.6 Å². The Hall–Kier alpha value is -3.40. The first-order valence-corrected chi connectivity index (χ1v) is 9.53. The van der Waals surface area contributed by atoms with Gasteiger partial charge in [0.25, 0.3) is 5.91 Å². The number of carbonyl (C=O) groups excluding carboxylic acids is 1. The lowest BCUT2D eigenvalue weighted by molar-refractivity contribution is -0.139. The third-order valence-electron chi connectivity index (χ3n) is 5.77. The van der Waals surface area contributed by atoms with Crippen LogP contribution in [0.2, 0.25) is 0 Å². The third-order valence-corrected chi connectivity index (χ3v) is 5.77. The van der Waals surface area contributed by atoms with Gasteiger partial charge in [-0.05, 0) is 53.8 Å². The number of hydrogen-bond acceptors (Lipinski definition) is 2. The maximum absolute atomic E-state index is 13.5. The first-order chi connectivity index (χ1) is 13.6. The minimum Gasteiger partial charge on any atom is -0.481 e. The molecule has 4 nitrogen and oxygen atoms in total. The molecule has 5 rings (SSSR count). The fourth-order valence-corrected chi connectivity index (χ4v) is 4.50. The van der Waals surface area contributed by atoms with E-state index in [4.69, 9.17) is 0 Å². The number of nitrogens with zero attached hydrogens (tertiary/aromatic N) is 1. The van der Waals surface area contributed by atoms with E-state index in [9.17, 15) is 14.7 Å². The van der Waals surface area contributed by atoms with Gasteiger partial charge in [-0.15, -0.1) is 0 Å². The van der Waals surface area contributed by atoms with Gasteiger partial charge >= 0.3 is 5.97 Å². The van der Waals surface area contributed by atoms with Crippen LogP contribution in [0.3, 0.4) is 0 Å². The number of aliphatic carboxylic acids is 1. The number of carbonyl (C=O) groups is 2. The van der Waals surface area contributed by atoms with Crippen molar-refractivity contribution in [3.8, 4) is 0 Å². The summed E-state index contributed by atoms with van der Waals surface area (Å²) >= 11 is 0. The van der Waals surface area contributed by atoms with Crippen LogP contribution in [0.4, 0.5) is 0 Å². The molecule has 1 atom stereocenters. The summed E-state index contributed by atoms with van der Waals surface area (Å²) in [5.41, 5.74) is 3.06. The Labute approximate surface area is 162 Å². The van der Waals surface area contributed by atoms with Gasteiger partial charge in [-0.25, -0.2) is 0 Å². The molecule has 0 saturated heterocycles. The van der Waals surface area contributed by atoms with E-state index in [0.717, 1.165) is 39.4 Å². The molecule has 1 heterocycles. The summed E-state index contributed by atoms with van der Waals surface area (Å²) in [6.45, 7) is 0. The average Bonchev–Trinajstić information content (AvgIpc) is 3.07. The maximum Gasteiger partial charge on any atom is 0.311 e. The van der Waals surface area contributed by atoms with Crippen molar-refractivity contribution in [2.24, 2.45) is 0 Å². The van der Waals surface area contributed by atoms with Crippen LogP contribution in [0.1, 0.15) is 40.4 Å². The van der Waals surface area contributed by atoms with E-state index < -0.39 is 11.9 Å². The van der Waals surface area contributed by atoms with Crippen molar-refractivity contribution < 1.29 is 14.7 Å². The monoisotopic (exact) mass is 369 g/mol. The number of benzene rings is 3. The highest BCUT2D eigenvalue weighted by molar-refractivity contribution is 6.06. The molecule has 1 aromatic heterocycles. The number of rotatable bonds is 2. The van der Waals surface area contributed by atoms with Gasteiger partial charge in [0.05, 0.1) is 11.4 Å². The number of aromatic nitrogens is 1. The Balaban J connectivity index is 1.74. The zero-order valence-corrected chi connectivity index (χ0v) is 15.3. The second-order valence-corrected chi connectivity index (χ2v) is 7.36. The number of carboxylic acids is 1. The highest BCUT2D eigenvalue weighted by Crippen LogP contribution is 2.39. The highest BCUT2D eigenvalue weighted by Gasteiger charge is 2.33. The zero-order valence-electron chi connectivity index (χ0n) is 15.3. The summed E-state index contributed by atoms with van der Waals surface area (Å²) in [4.78, 5) is 25.4. The van der Waals surface area contributed by atoms with Gasteiger partial charge in [-0.3, -0.25) is 14.2 Å². The highest BCUT2D eigenvalue weighted by atomic mass is 16.4. The predicted octanol–water partition coefficient (Wildman–Crippen LogP) is 4.99. The Morgan fingerprint density at radius 1 is 0.929 bits per heavy atom. The van der Waals surface area contributed by atoms with Gasteiger partial charge in [0.2, 0.25) is 0 Å². The van der Waals surface area contributed by atoms with Crippen molar-refractivity contribution in [3.05, 3.63) is 83.6 Å². The average molecular weight is 369 g/mol. The first-order valence-electron chi connectivity index (χ1n) is 9.53. The minimum absolute atomic E-state index is 0.103. The van der Waals surface area contributed by atoms with Crippen LogP contribution < -0.4 is 0 Å². The molecule has 4 aromatic rings. The van der Waals surface area contributed by atoms with Gasteiger partial charge in [0.1, 0.15) is 0 Å². The predicted molar refractivity (Wildman–Crippen MR) is 109 cm³/mol. The van der Waals surface area contributed by atoms with Gasteiger partial charge in [-0.2, -0.15) is 0 Å². The topological polar surface area (TPSA) is 59.3 Å². The van der Waals surface area contributed by atoms with E-state index in [1.54, 1.807) is 4.57 Å². The van der Waals surface area contributed by atoms with Crippen molar-refractivity contribution in [2.75, 3.05) is 0 Å². The molecule has 3 aromatic carbocycles. The van der Waals surface area contributed by atoms with Crippen LogP contribution in [0, 0.1) is 0 Å². The Morgan fingerprint density at radius 3 is 2.50 bits per heavy atom. The number of para-hydroxylation sites is 1. The Morgan fingerprint density at radius 2 is 1.68 bits per heavy atom. The van der Waals surface area contributed by atoms with Gasteiger partial charge in [0, 0.05) is 16.6 Å². The molecule has 1 unspecified atom stereocenters. The van der Waals surface area contributed by atoms with Crippen LogP contribution in [0.25, 0.3) is 21.7 Å². The summed E-state index contributed by atoms with van der Waals surface area (Å²) in [6, 6.07) is 21.3. The Kier molecular flexibility index (Phi) is 3.79. The quantitative estimate of drug-likeness (QED) is 0.542. The van der Waals surface area contributed by atoms with Crippen LogP contribution in [0.15, 0.2) is 66.7 Å². The smallest absolute Gasteiger partial charge is 0.311 e. The molecule has 1 aliphatic rings. The molecule has 0 radical (unpaired) electrons. The fraction of sp³-hybridized carbons (Fsp3) is 0.167. The molecule has 0 fully saturated rings. The molecule has 0 amide bonds. The molecule has 0 aliphatic heterocycles. The SMILES string of the molecule is O=C(O)C1CCCc2c1c1ccccc1n2C(=O)c1ccc2ccccc2c1. The molecule has 4 heteroatoms. The molecule has 0 saturated carbocycles. The van der Waals surface area contributed by atoms with E-state index >= 15 is 0 Å². The summed E-state index contributed by atoms with van der Waals surface area (Å²) in [5.74, 6) is -1.48. The summed E-state index contributed by atoms with van der Waals surface area (Å²) in [6.07, 6.45) is 2.10. The minimum atomic E-state index is -0.818. The second kappa shape index (κ2) is 6.34. The van der Waals surface area contributed by atoms with Crippen molar-refractivity contribution in [1.82, 2.24) is 4.57 Å². The van der Waals surface area contributed by atoms with Gasteiger partial charge in [0.15, 0.2) is 0 Å². The lowest BCUT2D eigenvalue weighted by atomic mass is 9.85. The van der Waals surface area contributed by atoms with Crippen LogP contribution in [0.5, 0.6) is 0 Å². The second-order valence-electron chi connectivity index (χ2n) is 7.36. The molecule has 28 heavy (non-hydrogen) atoms. The summed E-state index contributed by atoms with van der Waals surface area (Å²) < 4.78 is 1.74. The van der Waals surface area contributed by atoms with Crippen molar-refractivity contribution in [1.29, 1.82) is 0 Å². The van der Waals surface area contributed by atoms with E-state index in [0.29, 0.717) is 18.4 Å². The summed E-state index contributed by atoms with van der Waals surface area (Å²) in [5, 5.41) is 12.7. The van der Waals surface area contributed by atoms with Crippen molar-refractivity contribution in [3.63, 3.8) is 0 Å². The number of hydrogen-bond donors (Lipinski definition) is 1. The number of fused-ring (bicyclic) bond motifs is 4. The molecule has 0 spiro atoms. The summed E-state index contributed by atoms with van der Waals surface area (Å²) in [7, 11) is 0. The molecule has 0 bridgehead atoms. The van der Waals surface area contributed by atoms with Crippen LogP contribution in [-0.2, 0) is 11.2 Å². The number of carboxylic acid groups (broad SMARTS) is 1. The molecule has 1 N–H and O–H groups in total. The standard InChI is InChI=1S/C24H19NO3/c26-23(17-13-12-15-6-1-2-7-16(15)14-17)25-20-10-4-3-8-18(20)22-19(24(27)28)9-5-11-21(22)25/h1-4,6-8,10,12-14,19H,5,9,11H2,(H,27,28). The van der Waals surface area contributed by atoms with Crippen LogP contribution >= 0.6 is 0 Å². The van der Waals surface area contributed by atoms with E-state index in [1.165, 1.54) is 0 Å². The van der Waals surface area contributed by atoms with Gasteiger partial charge in [-0.1, -0.05) is 48.5 Å². The molecule has 138 valence electrons. The van der Waals surface area contributed by atoms with E-state index in [-0.39, 0.29) is 5.91 Å². The lowest BCUT2D eigenvalue weighted by Crippen LogP contribution is -2.21. The van der Waals surface area contributed by atoms with E-state index in [2.05, 4.69) is 0 Å². The largest absolute Gasteiger partial charge is 0.481 e. The molecule has 1 aliphatic carbocycles.